The number of rotatable bonds is 6. The number of carboxylic acids is 1. The summed E-state index contributed by atoms with van der Waals surface area (Å²) in [7, 11) is 2.08. The highest BCUT2D eigenvalue weighted by Crippen LogP contribution is 1.99. The van der Waals surface area contributed by atoms with E-state index in [0.29, 0.717) is 13.0 Å². The maximum Gasteiger partial charge on any atom is 0.322 e. The molecule has 0 aromatic rings. The fraction of sp³-hybridized carbons (Fsp3) is 0.818. The number of carboxylic acid groups (broad SMARTS) is 1. The van der Waals surface area contributed by atoms with Gasteiger partial charge < -0.3 is 26.0 Å². The molecule has 1 rings (SSSR count). The molecule has 1 atom stereocenters. The quantitative estimate of drug-likeness (QED) is 0.517. The summed E-state index contributed by atoms with van der Waals surface area (Å²) in [6.45, 7) is 4.67. The maximum atomic E-state index is 11.5. The molecule has 0 aromatic carbocycles. The third-order valence-electron chi connectivity index (χ3n) is 3.09. The SMILES string of the molecule is CN1CCN(CCC(=O)NC[C@H](N)C(=O)O)CC1. The van der Waals surface area contributed by atoms with Crippen LogP contribution >= 0.6 is 0 Å². The highest BCUT2D eigenvalue weighted by molar-refractivity contribution is 5.78. The first kappa shape index (κ1) is 14.9. The van der Waals surface area contributed by atoms with Gasteiger partial charge in [-0.3, -0.25) is 9.59 Å². The van der Waals surface area contributed by atoms with Gasteiger partial charge in [0, 0.05) is 45.7 Å². The highest BCUT2D eigenvalue weighted by atomic mass is 16.4. The number of amides is 1. The fourth-order valence-electron chi connectivity index (χ4n) is 1.73. The summed E-state index contributed by atoms with van der Waals surface area (Å²) < 4.78 is 0. The predicted molar refractivity (Wildman–Crippen MR) is 67.2 cm³/mol. The molecule has 18 heavy (non-hydrogen) atoms. The lowest BCUT2D eigenvalue weighted by Gasteiger charge is -2.32. The van der Waals surface area contributed by atoms with E-state index in [9.17, 15) is 9.59 Å². The van der Waals surface area contributed by atoms with Crippen LogP contribution in [0.4, 0.5) is 0 Å². The van der Waals surface area contributed by atoms with Gasteiger partial charge >= 0.3 is 5.97 Å². The van der Waals surface area contributed by atoms with E-state index in [1.165, 1.54) is 0 Å². The largest absolute Gasteiger partial charge is 0.480 e. The molecule has 1 aliphatic heterocycles. The van der Waals surface area contributed by atoms with Gasteiger partial charge in [0.2, 0.25) is 5.91 Å². The summed E-state index contributed by atoms with van der Waals surface area (Å²) in [4.78, 5) is 26.4. The Labute approximate surface area is 107 Å². The molecule has 0 spiro atoms. The molecular weight excluding hydrogens is 236 g/mol. The molecule has 1 heterocycles. The highest BCUT2D eigenvalue weighted by Gasteiger charge is 2.16. The summed E-state index contributed by atoms with van der Waals surface area (Å²) in [6.07, 6.45) is 0.385. The van der Waals surface area contributed by atoms with Gasteiger partial charge in [-0.05, 0) is 7.05 Å². The lowest BCUT2D eigenvalue weighted by atomic mass is 10.2. The number of nitrogens with two attached hydrogens (primary N) is 1. The molecule has 0 unspecified atom stereocenters. The number of piperazine rings is 1. The molecule has 7 heteroatoms. The Morgan fingerprint density at radius 1 is 1.33 bits per heavy atom. The summed E-state index contributed by atoms with van der Waals surface area (Å²) in [5, 5.41) is 11.1. The van der Waals surface area contributed by atoms with Crippen molar-refractivity contribution in [3.63, 3.8) is 0 Å². The second-order valence-corrected chi connectivity index (χ2v) is 4.64. The van der Waals surface area contributed by atoms with Crippen molar-refractivity contribution in [3.8, 4) is 0 Å². The summed E-state index contributed by atoms with van der Waals surface area (Å²) >= 11 is 0. The van der Waals surface area contributed by atoms with Gasteiger partial charge in [-0.25, -0.2) is 0 Å². The zero-order chi connectivity index (χ0) is 13.5. The first-order valence-corrected chi connectivity index (χ1v) is 6.15. The van der Waals surface area contributed by atoms with Crippen LogP contribution in [0.1, 0.15) is 6.42 Å². The van der Waals surface area contributed by atoms with Gasteiger partial charge in [0.05, 0.1) is 0 Å². The van der Waals surface area contributed by atoms with E-state index in [1.54, 1.807) is 0 Å². The van der Waals surface area contributed by atoms with E-state index in [0.717, 1.165) is 26.2 Å². The molecule has 0 aromatic heterocycles. The van der Waals surface area contributed by atoms with Crippen molar-refractivity contribution in [2.45, 2.75) is 12.5 Å². The zero-order valence-corrected chi connectivity index (χ0v) is 10.8. The molecule has 1 saturated heterocycles. The van der Waals surface area contributed by atoms with Crippen LogP contribution < -0.4 is 11.1 Å². The van der Waals surface area contributed by atoms with Crippen LogP contribution in [0.2, 0.25) is 0 Å². The van der Waals surface area contributed by atoms with Gasteiger partial charge in [0.1, 0.15) is 6.04 Å². The molecule has 0 aliphatic carbocycles. The predicted octanol–water partition coefficient (Wildman–Crippen LogP) is -1.85. The third-order valence-corrected chi connectivity index (χ3v) is 3.09. The Bertz CT molecular complexity index is 290. The fourth-order valence-corrected chi connectivity index (χ4v) is 1.73. The molecule has 1 fully saturated rings. The van der Waals surface area contributed by atoms with Crippen LogP contribution in [-0.4, -0.2) is 79.1 Å². The average molecular weight is 258 g/mol. The maximum absolute atomic E-state index is 11.5. The summed E-state index contributed by atoms with van der Waals surface area (Å²) in [5.41, 5.74) is 5.29. The number of likely N-dealkylation sites (N-methyl/N-ethyl adjacent to an activating group) is 1. The smallest absolute Gasteiger partial charge is 0.322 e. The average Bonchev–Trinajstić information content (AvgIpc) is 2.35. The van der Waals surface area contributed by atoms with E-state index >= 15 is 0 Å². The number of aliphatic carboxylic acids is 1. The number of hydrogen-bond donors (Lipinski definition) is 3. The minimum Gasteiger partial charge on any atom is -0.480 e. The second-order valence-electron chi connectivity index (χ2n) is 4.64. The number of carbonyl (C=O) groups is 2. The molecule has 4 N–H and O–H groups in total. The molecule has 1 amide bonds. The second kappa shape index (κ2) is 7.30. The van der Waals surface area contributed by atoms with E-state index in [-0.39, 0.29) is 12.5 Å². The molecule has 7 nitrogen and oxygen atoms in total. The molecule has 0 bridgehead atoms. The number of carbonyl (C=O) groups excluding carboxylic acids is 1. The normalized spacial score (nSPS) is 19.4. The topological polar surface area (TPSA) is 98.9 Å². The van der Waals surface area contributed by atoms with Gasteiger partial charge in [0.25, 0.3) is 0 Å². The Kier molecular flexibility index (Phi) is 6.03. The van der Waals surface area contributed by atoms with Gasteiger partial charge in [0.15, 0.2) is 0 Å². The van der Waals surface area contributed by atoms with E-state index in [4.69, 9.17) is 10.8 Å². The summed E-state index contributed by atoms with van der Waals surface area (Å²) in [5.74, 6) is -1.25. The lowest BCUT2D eigenvalue weighted by Crippen LogP contribution is -2.46. The Hall–Kier alpha value is -1.18. The lowest BCUT2D eigenvalue weighted by molar-refractivity contribution is -0.138. The third kappa shape index (κ3) is 5.44. The molecule has 1 aliphatic rings. The minimum absolute atomic E-state index is 0.0170. The standard InChI is InChI=1S/C11H22N4O3/c1-14-4-6-15(7-5-14)3-2-10(16)13-8-9(12)11(17)18/h9H,2-8,12H2,1H3,(H,13,16)(H,17,18)/t9-/m0/s1. The van der Waals surface area contributed by atoms with Crippen LogP contribution in [0.15, 0.2) is 0 Å². The van der Waals surface area contributed by atoms with Crippen molar-refractivity contribution >= 4 is 11.9 Å². The van der Waals surface area contributed by atoms with Gasteiger partial charge in [-0.2, -0.15) is 0 Å². The Morgan fingerprint density at radius 3 is 2.50 bits per heavy atom. The van der Waals surface area contributed by atoms with Crippen LogP contribution in [0.3, 0.4) is 0 Å². The van der Waals surface area contributed by atoms with Crippen LogP contribution in [-0.2, 0) is 9.59 Å². The van der Waals surface area contributed by atoms with E-state index in [2.05, 4.69) is 22.2 Å². The molecule has 0 saturated carbocycles. The van der Waals surface area contributed by atoms with Crippen molar-refractivity contribution in [2.24, 2.45) is 5.73 Å². The Morgan fingerprint density at radius 2 is 1.94 bits per heavy atom. The van der Waals surface area contributed by atoms with Crippen LogP contribution in [0, 0.1) is 0 Å². The summed E-state index contributed by atoms with van der Waals surface area (Å²) in [6, 6.07) is -1.03. The molecule has 104 valence electrons. The first-order chi connectivity index (χ1) is 8.49. The van der Waals surface area contributed by atoms with Crippen molar-refractivity contribution in [1.82, 2.24) is 15.1 Å². The monoisotopic (exact) mass is 258 g/mol. The van der Waals surface area contributed by atoms with Crippen LogP contribution in [0.25, 0.3) is 0 Å². The first-order valence-electron chi connectivity index (χ1n) is 6.15. The number of hydrogen-bond acceptors (Lipinski definition) is 5. The van der Waals surface area contributed by atoms with Crippen molar-refractivity contribution in [2.75, 3.05) is 46.3 Å². The van der Waals surface area contributed by atoms with Crippen molar-refractivity contribution in [3.05, 3.63) is 0 Å². The Balaban J connectivity index is 2.11. The van der Waals surface area contributed by atoms with Gasteiger partial charge in [-0.15, -0.1) is 0 Å². The van der Waals surface area contributed by atoms with Crippen molar-refractivity contribution in [1.29, 1.82) is 0 Å². The minimum atomic E-state index is -1.10. The van der Waals surface area contributed by atoms with Crippen molar-refractivity contribution < 1.29 is 14.7 Å². The molecule has 0 radical (unpaired) electrons. The number of nitrogens with zero attached hydrogens (tertiary/aromatic N) is 2. The van der Waals surface area contributed by atoms with Gasteiger partial charge in [-0.1, -0.05) is 0 Å². The number of nitrogens with one attached hydrogen (secondary N) is 1. The van der Waals surface area contributed by atoms with E-state index in [1.807, 2.05) is 0 Å². The van der Waals surface area contributed by atoms with Crippen LogP contribution in [0.5, 0.6) is 0 Å². The molecular formula is C11H22N4O3. The zero-order valence-electron chi connectivity index (χ0n) is 10.8. The van der Waals surface area contributed by atoms with E-state index < -0.39 is 12.0 Å².